The van der Waals surface area contributed by atoms with Gasteiger partial charge in [0, 0.05) is 20.1 Å². The second kappa shape index (κ2) is 7.03. The van der Waals surface area contributed by atoms with Gasteiger partial charge in [-0.1, -0.05) is 6.92 Å². The van der Waals surface area contributed by atoms with Gasteiger partial charge in [0.05, 0.1) is 17.1 Å². The minimum Gasteiger partial charge on any atom is -0.370 e. The Hall–Kier alpha value is -2.15. The van der Waals surface area contributed by atoms with Crippen LogP contribution in [0.3, 0.4) is 0 Å². The Kier molecular flexibility index (Phi) is 5.10. The van der Waals surface area contributed by atoms with Crippen LogP contribution in [0, 0.1) is 10.1 Å². The number of pyridine rings is 1. The second-order valence-electron chi connectivity index (χ2n) is 4.74. The van der Waals surface area contributed by atoms with Crippen LogP contribution in [0.5, 0.6) is 0 Å². The molecular formula is C14H18N4O2S. The molecule has 0 spiro atoms. The van der Waals surface area contributed by atoms with Gasteiger partial charge >= 0.3 is 0 Å². The maximum Gasteiger partial charge on any atom is 0.276 e. The normalized spacial score (nSPS) is 10.4. The Labute approximate surface area is 127 Å². The number of aromatic nitrogens is 1. The first-order valence-corrected chi connectivity index (χ1v) is 7.67. The van der Waals surface area contributed by atoms with E-state index in [1.165, 1.54) is 17.7 Å². The summed E-state index contributed by atoms with van der Waals surface area (Å²) in [6.45, 7) is 3.45. The quantitative estimate of drug-likeness (QED) is 0.626. The monoisotopic (exact) mass is 306 g/mol. The summed E-state index contributed by atoms with van der Waals surface area (Å²) in [4.78, 5) is 17.0. The van der Waals surface area contributed by atoms with Gasteiger partial charge < -0.3 is 10.2 Å². The molecule has 0 fully saturated rings. The van der Waals surface area contributed by atoms with E-state index in [1.54, 1.807) is 11.3 Å². The van der Waals surface area contributed by atoms with Crippen molar-refractivity contribution in [1.29, 1.82) is 0 Å². The molecule has 112 valence electrons. The maximum atomic E-state index is 11.1. The van der Waals surface area contributed by atoms with E-state index in [1.807, 2.05) is 30.3 Å². The standard InChI is InChI=1S/C14H18N4O2S/c1-3-5-15-13-7-12(18(19)20)8-14(16-13)17(2)9-11-4-6-21-10-11/h4,6-8,10H,3,5,9H2,1-2H3,(H,15,16). The van der Waals surface area contributed by atoms with Crippen molar-refractivity contribution >= 4 is 28.7 Å². The van der Waals surface area contributed by atoms with Crippen molar-refractivity contribution in [2.75, 3.05) is 23.8 Å². The largest absolute Gasteiger partial charge is 0.370 e. The third kappa shape index (κ3) is 4.16. The summed E-state index contributed by atoms with van der Waals surface area (Å²) in [5.74, 6) is 1.13. The van der Waals surface area contributed by atoms with E-state index in [0.717, 1.165) is 13.0 Å². The zero-order valence-electron chi connectivity index (χ0n) is 12.1. The highest BCUT2D eigenvalue weighted by atomic mass is 32.1. The third-order valence-corrected chi connectivity index (χ3v) is 3.69. The van der Waals surface area contributed by atoms with Crippen molar-refractivity contribution in [3.63, 3.8) is 0 Å². The van der Waals surface area contributed by atoms with Crippen LogP contribution in [-0.4, -0.2) is 23.5 Å². The van der Waals surface area contributed by atoms with E-state index in [2.05, 4.69) is 15.7 Å². The number of rotatable bonds is 7. The molecule has 2 aromatic heterocycles. The minimum absolute atomic E-state index is 0.0516. The molecule has 0 atom stereocenters. The van der Waals surface area contributed by atoms with Crippen LogP contribution in [0.4, 0.5) is 17.3 Å². The van der Waals surface area contributed by atoms with Crippen LogP contribution in [0.2, 0.25) is 0 Å². The van der Waals surface area contributed by atoms with Crippen LogP contribution in [-0.2, 0) is 6.54 Å². The molecule has 0 saturated heterocycles. The molecule has 2 aromatic rings. The molecule has 0 amide bonds. The molecule has 0 aliphatic carbocycles. The van der Waals surface area contributed by atoms with Crippen molar-refractivity contribution in [3.05, 3.63) is 44.6 Å². The van der Waals surface area contributed by atoms with Crippen LogP contribution < -0.4 is 10.2 Å². The number of nitro groups is 1. The maximum absolute atomic E-state index is 11.1. The number of nitrogens with zero attached hydrogens (tertiary/aromatic N) is 3. The molecule has 21 heavy (non-hydrogen) atoms. The van der Waals surface area contributed by atoms with E-state index in [-0.39, 0.29) is 10.6 Å². The number of hydrogen-bond acceptors (Lipinski definition) is 6. The van der Waals surface area contributed by atoms with Crippen LogP contribution >= 0.6 is 11.3 Å². The fraction of sp³-hybridized carbons (Fsp3) is 0.357. The zero-order chi connectivity index (χ0) is 15.2. The molecule has 1 N–H and O–H groups in total. The molecule has 2 heterocycles. The minimum atomic E-state index is -0.388. The van der Waals surface area contributed by atoms with Gasteiger partial charge in [-0.2, -0.15) is 11.3 Å². The molecule has 0 unspecified atom stereocenters. The lowest BCUT2D eigenvalue weighted by atomic mass is 10.3. The molecule has 2 rings (SSSR count). The Morgan fingerprint density at radius 2 is 2.29 bits per heavy atom. The molecule has 7 heteroatoms. The molecule has 0 aliphatic rings. The fourth-order valence-corrected chi connectivity index (χ4v) is 2.54. The highest BCUT2D eigenvalue weighted by molar-refractivity contribution is 7.07. The molecule has 0 aliphatic heterocycles. The number of anilines is 2. The smallest absolute Gasteiger partial charge is 0.276 e. The lowest BCUT2D eigenvalue weighted by Gasteiger charge is -2.18. The Bertz CT molecular complexity index is 601. The molecule has 0 aromatic carbocycles. The highest BCUT2D eigenvalue weighted by Gasteiger charge is 2.14. The average Bonchev–Trinajstić information content (AvgIpc) is 2.97. The summed E-state index contributed by atoms with van der Waals surface area (Å²) in [6.07, 6.45) is 0.935. The first kappa shape index (κ1) is 15.2. The van der Waals surface area contributed by atoms with Gasteiger partial charge in [0.25, 0.3) is 5.69 Å². The summed E-state index contributed by atoms with van der Waals surface area (Å²) < 4.78 is 0. The summed E-state index contributed by atoms with van der Waals surface area (Å²) >= 11 is 1.63. The average molecular weight is 306 g/mol. The SMILES string of the molecule is CCCNc1cc([N+](=O)[O-])cc(N(C)Cc2ccsc2)n1. The van der Waals surface area contributed by atoms with E-state index < -0.39 is 0 Å². The second-order valence-corrected chi connectivity index (χ2v) is 5.52. The number of hydrogen-bond donors (Lipinski definition) is 1. The Morgan fingerprint density at radius 1 is 1.48 bits per heavy atom. The lowest BCUT2D eigenvalue weighted by molar-refractivity contribution is -0.384. The predicted octanol–water partition coefficient (Wildman–Crippen LogP) is 3.51. The van der Waals surface area contributed by atoms with Crippen LogP contribution in [0.1, 0.15) is 18.9 Å². The van der Waals surface area contributed by atoms with Gasteiger partial charge in [0.1, 0.15) is 11.6 Å². The van der Waals surface area contributed by atoms with Gasteiger partial charge in [-0.3, -0.25) is 10.1 Å². The van der Waals surface area contributed by atoms with Gasteiger partial charge in [-0.25, -0.2) is 4.98 Å². The highest BCUT2D eigenvalue weighted by Crippen LogP contribution is 2.24. The first-order valence-electron chi connectivity index (χ1n) is 6.72. The van der Waals surface area contributed by atoms with Crippen LogP contribution in [0.25, 0.3) is 0 Å². The van der Waals surface area contributed by atoms with E-state index in [0.29, 0.717) is 18.2 Å². The lowest BCUT2D eigenvalue weighted by Crippen LogP contribution is -2.18. The zero-order valence-corrected chi connectivity index (χ0v) is 12.9. The van der Waals surface area contributed by atoms with Gasteiger partial charge in [0.15, 0.2) is 0 Å². The van der Waals surface area contributed by atoms with Crippen molar-refractivity contribution in [2.24, 2.45) is 0 Å². The predicted molar refractivity (Wildman–Crippen MR) is 86.1 cm³/mol. The summed E-state index contributed by atoms with van der Waals surface area (Å²) in [5.41, 5.74) is 1.22. The third-order valence-electron chi connectivity index (χ3n) is 2.95. The van der Waals surface area contributed by atoms with E-state index >= 15 is 0 Å². The fourth-order valence-electron chi connectivity index (χ4n) is 1.88. The molecular weight excluding hydrogens is 288 g/mol. The molecule has 0 saturated carbocycles. The summed E-state index contributed by atoms with van der Waals surface area (Å²) in [5, 5.41) is 18.2. The Morgan fingerprint density at radius 3 is 2.90 bits per heavy atom. The Balaban J connectivity index is 2.23. The van der Waals surface area contributed by atoms with E-state index in [9.17, 15) is 10.1 Å². The molecule has 6 nitrogen and oxygen atoms in total. The van der Waals surface area contributed by atoms with Crippen molar-refractivity contribution in [1.82, 2.24) is 4.98 Å². The summed E-state index contributed by atoms with van der Waals surface area (Å²) in [7, 11) is 1.88. The number of nitrogens with one attached hydrogen (secondary N) is 1. The van der Waals surface area contributed by atoms with Crippen molar-refractivity contribution in [2.45, 2.75) is 19.9 Å². The topological polar surface area (TPSA) is 71.3 Å². The molecule has 0 radical (unpaired) electrons. The van der Waals surface area contributed by atoms with Crippen molar-refractivity contribution in [3.8, 4) is 0 Å². The van der Waals surface area contributed by atoms with Crippen molar-refractivity contribution < 1.29 is 4.92 Å². The number of thiophene rings is 1. The summed E-state index contributed by atoms with van der Waals surface area (Å²) in [6, 6.07) is 5.01. The van der Waals surface area contributed by atoms with E-state index in [4.69, 9.17) is 0 Å². The van der Waals surface area contributed by atoms with Gasteiger partial charge in [-0.05, 0) is 28.8 Å². The van der Waals surface area contributed by atoms with Gasteiger partial charge in [-0.15, -0.1) is 0 Å². The van der Waals surface area contributed by atoms with Gasteiger partial charge in [0.2, 0.25) is 0 Å². The van der Waals surface area contributed by atoms with Crippen LogP contribution in [0.15, 0.2) is 29.0 Å². The first-order chi connectivity index (χ1) is 10.1. The molecule has 0 bridgehead atoms.